The molecule has 1 saturated heterocycles. The Morgan fingerprint density at radius 1 is 0.903 bits per heavy atom. The fourth-order valence-electron chi connectivity index (χ4n) is 2.96. The molecule has 3 heterocycles. The number of nitrogens with two attached hydrogens (primary N) is 1. The largest absolute Gasteiger partial charge is 0.444 e. The van der Waals surface area contributed by atoms with Crippen molar-refractivity contribution in [3.8, 4) is 0 Å². The van der Waals surface area contributed by atoms with E-state index in [2.05, 4.69) is 4.98 Å². The van der Waals surface area contributed by atoms with Gasteiger partial charge in [0.15, 0.2) is 5.13 Å². The van der Waals surface area contributed by atoms with Crippen molar-refractivity contribution < 1.29 is 23.9 Å². The van der Waals surface area contributed by atoms with Crippen molar-refractivity contribution in [3.05, 3.63) is 10.6 Å². The molecule has 0 aliphatic carbocycles. The Bertz CT molecular complexity index is 800. The van der Waals surface area contributed by atoms with Crippen LogP contribution in [0.1, 0.15) is 65.0 Å². The number of Topliss-reactive ketones (excluding diaryl/α,β-unsaturated/α-hetero) is 1. The highest BCUT2D eigenvalue weighted by atomic mass is 32.1. The van der Waals surface area contributed by atoms with Crippen LogP contribution in [0.25, 0.3) is 0 Å². The first-order valence-electron chi connectivity index (χ1n) is 10.4. The summed E-state index contributed by atoms with van der Waals surface area (Å²) < 4.78 is 10.5. The van der Waals surface area contributed by atoms with Crippen LogP contribution >= 0.6 is 11.3 Å². The van der Waals surface area contributed by atoms with Crippen LogP contribution in [0, 0.1) is 0 Å². The van der Waals surface area contributed by atoms with Crippen molar-refractivity contribution in [3.63, 3.8) is 0 Å². The van der Waals surface area contributed by atoms with Crippen LogP contribution in [0.4, 0.5) is 14.7 Å². The summed E-state index contributed by atoms with van der Waals surface area (Å²) in [6.45, 7) is 13.3. The molecule has 0 atom stereocenters. The van der Waals surface area contributed by atoms with Gasteiger partial charge in [0.05, 0.1) is 12.2 Å². The van der Waals surface area contributed by atoms with Gasteiger partial charge < -0.3 is 25.0 Å². The van der Waals surface area contributed by atoms with Gasteiger partial charge in [0.25, 0.3) is 0 Å². The molecule has 2 aliphatic rings. The van der Waals surface area contributed by atoms with Crippen LogP contribution in [0.2, 0.25) is 0 Å². The van der Waals surface area contributed by atoms with Gasteiger partial charge in [-0.15, -0.1) is 11.3 Å². The first-order chi connectivity index (χ1) is 14.2. The molecular formula is C21H34N4O5S. The van der Waals surface area contributed by atoms with E-state index < -0.39 is 11.2 Å². The number of thiazole rings is 1. The van der Waals surface area contributed by atoms with Crippen LogP contribution in [0.3, 0.4) is 0 Å². The summed E-state index contributed by atoms with van der Waals surface area (Å²) in [5.74, 6) is 0.227. The number of ether oxygens (including phenoxy) is 2. The van der Waals surface area contributed by atoms with Gasteiger partial charge >= 0.3 is 12.2 Å². The van der Waals surface area contributed by atoms with Gasteiger partial charge in [-0.2, -0.15) is 0 Å². The van der Waals surface area contributed by atoms with Crippen molar-refractivity contribution in [1.82, 2.24) is 14.8 Å². The molecule has 31 heavy (non-hydrogen) atoms. The molecule has 0 saturated carbocycles. The molecule has 1 aromatic rings. The highest BCUT2D eigenvalue weighted by Crippen LogP contribution is 2.27. The monoisotopic (exact) mass is 454 g/mol. The predicted octanol–water partition coefficient (Wildman–Crippen LogP) is 3.60. The SMILES string of the molecule is CC(C)(C)OC(=O)N1CCC(=O)CC1.CC(C)(C)OC(=O)N1CCc2nc(N)sc2C1. The molecule has 1 aromatic heterocycles. The zero-order valence-electron chi connectivity index (χ0n) is 19.3. The Kier molecular flexibility index (Phi) is 7.91. The average Bonchev–Trinajstić information content (AvgIpc) is 2.99. The van der Waals surface area contributed by atoms with Crippen molar-refractivity contribution >= 4 is 34.4 Å². The number of anilines is 1. The maximum absolute atomic E-state index is 11.9. The number of rotatable bonds is 0. The lowest BCUT2D eigenvalue weighted by Crippen LogP contribution is -2.41. The van der Waals surface area contributed by atoms with E-state index in [-0.39, 0.29) is 18.0 Å². The number of nitrogens with zero attached hydrogens (tertiary/aromatic N) is 3. The number of hydrogen-bond donors (Lipinski definition) is 1. The Labute approximate surface area is 187 Å². The summed E-state index contributed by atoms with van der Waals surface area (Å²) in [7, 11) is 0. The van der Waals surface area contributed by atoms with Gasteiger partial charge in [0.2, 0.25) is 0 Å². The number of carbonyl (C=O) groups is 3. The second kappa shape index (κ2) is 9.84. The number of ketones is 1. The maximum Gasteiger partial charge on any atom is 0.410 e. The molecule has 174 valence electrons. The van der Waals surface area contributed by atoms with E-state index in [0.29, 0.717) is 44.2 Å². The highest BCUT2D eigenvalue weighted by molar-refractivity contribution is 7.15. The standard InChI is InChI=1S/C11H17N3O2S.C10H17NO3/c1-11(2,3)16-10(15)14-5-4-7-8(6-14)17-9(12)13-7;1-10(2,3)14-9(13)11-6-4-8(12)5-7-11/h4-6H2,1-3H3,(H2,12,13);4-7H2,1-3H3. The number of piperidine rings is 1. The van der Waals surface area contributed by atoms with Crippen molar-refractivity contribution in [2.75, 3.05) is 25.4 Å². The second-order valence-electron chi connectivity index (χ2n) is 9.58. The molecule has 0 bridgehead atoms. The third-order valence-corrected chi connectivity index (χ3v) is 5.28. The second-order valence-corrected chi connectivity index (χ2v) is 10.7. The van der Waals surface area contributed by atoms with Gasteiger partial charge in [-0.05, 0) is 41.5 Å². The first-order valence-corrected chi connectivity index (χ1v) is 11.3. The Balaban J connectivity index is 0.000000225. The quantitative estimate of drug-likeness (QED) is 0.637. The minimum atomic E-state index is -0.460. The van der Waals surface area contributed by atoms with Gasteiger partial charge in [-0.25, -0.2) is 14.6 Å². The summed E-state index contributed by atoms with van der Waals surface area (Å²) in [5, 5.41) is 0.570. The van der Waals surface area contributed by atoms with Crippen molar-refractivity contribution in [2.24, 2.45) is 0 Å². The fraction of sp³-hybridized carbons (Fsp3) is 0.714. The third kappa shape index (κ3) is 8.35. The Morgan fingerprint density at radius 3 is 1.90 bits per heavy atom. The summed E-state index contributed by atoms with van der Waals surface area (Å²) in [6.07, 6.45) is 1.08. The van der Waals surface area contributed by atoms with E-state index >= 15 is 0 Å². The normalized spacial score (nSPS) is 16.8. The number of likely N-dealkylation sites (tertiary alicyclic amines) is 1. The number of fused-ring (bicyclic) bond motifs is 1. The predicted molar refractivity (Wildman–Crippen MR) is 119 cm³/mol. The molecule has 10 heteroatoms. The molecule has 2 amide bonds. The summed E-state index contributed by atoms with van der Waals surface area (Å²) in [5.41, 5.74) is 5.76. The first kappa shape index (κ1) is 24.9. The molecule has 0 radical (unpaired) electrons. The van der Waals surface area contributed by atoms with Crippen molar-refractivity contribution in [2.45, 2.75) is 78.6 Å². The van der Waals surface area contributed by atoms with E-state index in [1.165, 1.54) is 11.3 Å². The molecule has 2 aliphatic heterocycles. The number of amides is 2. The smallest absolute Gasteiger partial charge is 0.410 e. The van der Waals surface area contributed by atoms with E-state index in [9.17, 15) is 14.4 Å². The lowest BCUT2D eigenvalue weighted by Gasteiger charge is -2.29. The minimum Gasteiger partial charge on any atom is -0.444 e. The molecule has 0 spiro atoms. The highest BCUT2D eigenvalue weighted by Gasteiger charge is 2.28. The fourth-order valence-corrected chi connectivity index (χ4v) is 3.86. The third-order valence-electron chi connectivity index (χ3n) is 4.37. The molecule has 1 fully saturated rings. The van der Waals surface area contributed by atoms with Crippen LogP contribution in [0.15, 0.2) is 0 Å². The van der Waals surface area contributed by atoms with Crippen LogP contribution < -0.4 is 5.73 Å². The number of aromatic nitrogens is 1. The topological polar surface area (TPSA) is 115 Å². The minimum absolute atomic E-state index is 0.227. The molecule has 3 rings (SSSR count). The maximum atomic E-state index is 11.9. The van der Waals surface area contributed by atoms with Gasteiger partial charge in [-0.1, -0.05) is 0 Å². The van der Waals surface area contributed by atoms with E-state index in [4.69, 9.17) is 15.2 Å². The lowest BCUT2D eigenvalue weighted by molar-refractivity contribution is -0.121. The van der Waals surface area contributed by atoms with Crippen LogP contribution in [-0.4, -0.2) is 63.6 Å². The number of nitrogen functional groups attached to an aromatic ring is 1. The van der Waals surface area contributed by atoms with E-state index in [1.54, 1.807) is 9.80 Å². The zero-order chi connectivity index (χ0) is 23.4. The zero-order valence-corrected chi connectivity index (χ0v) is 20.1. The van der Waals surface area contributed by atoms with Gasteiger partial charge in [0.1, 0.15) is 17.0 Å². The molecule has 0 aromatic carbocycles. The van der Waals surface area contributed by atoms with Crippen molar-refractivity contribution in [1.29, 1.82) is 0 Å². The molecule has 2 N–H and O–H groups in total. The van der Waals surface area contributed by atoms with Crippen LogP contribution in [-0.2, 0) is 27.2 Å². The number of hydrogen-bond acceptors (Lipinski definition) is 8. The molecule has 0 unspecified atom stereocenters. The van der Waals surface area contributed by atoms with E-state index in [0.717, 1.165) is 17.0 Å². The lowest BCUT2D eigenvalue weighted by atomic mass is 10.1. The Hall–Kier alpha value is -2.36. The summed E-state index contributed by atoms with van der Waals surface area (Å²) in [6, 6.07) is 0. The number of carbonyl (C=O) groups excluding carboxylic acids is 3. The summed E-state index contributed by atoms with van der Waals surface area (Å²) >= 11 is 1.45. The Morgan fingerprint density at radius 2 is 1.39 bits per heavy atom. The molecule has 9 nitrogen and oxygen atoms in total. The van der Waals surface area contributed by atoms with Gasteiger partial charge in [0, 0.05) is 43.8 Å². The average molecular weight is 455 g/mol. The molecular weight excluding hydrogens is 420 g/mol. The van der Waals surface area contributed by atoms with Crippen LogP contribution in [0.5, 0.6) is 0 Å². The van der Waals surface area contributed by atoms with Gasteiger partial charge in [-0.3, -0.25) is 4.79 Å². The van der Waals surface area contributed by atoms with E-state index in [1.807, 2.05) is 41.5 Å². The summed E-state index contributed by atoms with van der Waals surface area (Å²) in [4.78, 5) is 42.9.